The Labute approximate surface area is 113 Å². The van der Waals surface area contributed by atoms with Crippen LogP contribution in [0.15, 0.2) is 0 Å². The van der Waals surface area contributed by atoms with Gasteiger partial charge in [-0.05, 0) is 6.42 Å². The molecule has 0 spiro atoms. The van der Waals surface area contributed by atoms with E-state index in [9.17, 15) is 9.90 Å². The summed E-state index contributed by atoms with van der Waals surface area (Å²) in [7, 11) is -4.67. The fourth-order valence-electron chi connectivity index (χ4n) is 0.204. The first-order valence-electron chi connectivity index (χ1n) is 2.67. The van der Waals surface area contributed by atoms with Gasteiger partial charge in [0.15, 0.2) is 0 Å². The molecule has 0 atom stereocenters. The van der Waals surface area contributed by atoms with E-state index in [4.69, 9.17) is 17.5 Å². The summed E-state index contributed by atoms with van der Waals surface area (Å²) in [6.45, 7) is 1.80. The SMILES string of the molecule is CCCC(=O)[O-].O=S(=O)(O)O.[K+]. The molecule has 2 N–H and O–H groups in total. The van der Waals surface area contributed by atoms with Crippen molar-refractivity contribution in [1.29, 1.82) is 0 Å². The molecule has 12 heavy (non-hydrogen) atoms. The van der Waals surface area contributed by atoms with Crippen molar-refractivity contribution in [2.45, 2.75) is 19.8 Å². The summed E-state index contributed by atoms with van der Waals surface area (Å²) in [5.74, 6) is -0.961. The Balaban J connectivity index is -0.000000126. The number of rotatable bonds is 2. The van der Waals surface area contributed by atoms with Crippen LogP contribution in [0.2, 0.25) is 0 Å². The van der Waals surface area contributed by atoms with E-state index in [2.05, 4.69) is 0 Å². The number of carboxylic acids is 1. The van der Waals surface area contributed by atoms with Gasteiger partial charge in [-0.3, -0.25) is 9.11 Å². The average Bonchev–Trinajstić information content (AvgIpc) is 1.58. The Hall–Kier alpha value is 0.976. The normalized spacial score (nSPS) is 8.92. The van der Waals surface area contributed by atoms with E-state index >= 15 is 0 Å². The van der Waals surface area contributed by atoms with Crippen molar-refractivity contribution in [3.8, 4) is 0 Å². The van der Waals surface area contributed by atoms with Crippen molar-refractivity contribution >= 4 is 16.4 Å². The Morgan fingerprint density at radius 1 is 1.42 bits per heavy atom. The fraction of sp³-hybridized carbons (Fsp3) is 0.750. The van der Waals surface area contributed by atoms with Gasteiger partial charge in [0, 0.05) is 5.97 Å². The summed E-state index contributed by atoms with van der Waals surface area (Å²) in [6.07, 6.45) is 0.850. The van der Waals surface area contributed by atoms with Crippen LogP contribution in [-0.2, 0) is 15.2 Å². The van der Waals surface area contributed by atoms with E-state index in [-0.39, 0.29) is 57.8 Å². The second-order valence-corrected chi connectivity index (χ2v) is 2.47. The monoisotopic (exact) mass is 224 g/mol. The first-order valence-corrected chi connectivity index (χ1v) is 4.06. The van der Waals surface area contributed by atoms with Crippen molar-refractivity contribution in [2.24, 2.45) is 0 Å². The van der Waals surface area contributed by atoms with E-state index in [1.54, 1.807) is 6.92 Å². The number of carbonyl (C=O) groups is 1. The minimum Gasteiger partial charge on any atom is -0.550 e. The summed E-state index contributed by atoms with van der Waals surface area (Å²) < 4.78 is 31.6. The molecule has 0 saturated carbocycles. The van der Waals surface area contributed by atoms with Crippen molar-refractivity contribution in [1.82, 2.24) is 0 Å². The van der Waals surface area contributed by atoms with Gasteiger partial charge < -0.3 is 9.90 Å². The molecule has 0 saturated heterocycles. The van der Waals surface area contributed by atoms with Gasteiger partial charge in [0.25, 0.3) is 0 Å². The van der Waals surface area contributed by atoms with Crippen LogP contribution in [0.1, 0.15) is 19.8 Å². The number of hydrogen-bond donors (Lipinski definition) is 2. The predicted octanol–water partition coefficient (Wildman–Crippen LogP) is -4.11. The average molecular weight is 224 g/mol. The van der Waals surface area contributed by atoms with Gasteiger partial charge in [0.1, 0.15) is 0 Å². The van der Waals surface area contributed by atoms with Crippen molar-refractivity contribution in [2.75, 3.05) is 0 Å². The van der Waals surface area contributed by atoms with E-state index in [1.807, 2.05) is 0 Å². The van der Waals surface area contributed by atoms with Crippen LogP contribution in [0.25, 0.3) is 0 Å². The molecular weight excluding hydrogens is 215 g/mol. The Morgan fingerprint density at radius 3 is 1.67 bits per heavy atom. The Bertz CT molecular complexity index is 190. The van der Waals surface area contributed by atoms with Crippen LogP contribution < -0.4 is 56.5 Å². The van der Waals surface area contributed by atoms with Gasteiger partial charge in [-0.15, -0.1) is 0 Å². The van der Waals surface area contributed by atoms with Gasteiger partial charge in [0.2, 0.25) is 0 Å². The number of aliphatic carboxylic acids is 1. The molecule has 0 aliphatic carbocycles. The summed E-state index contributed by atoms with van der Waals surface area (Å²) >= 11 is 0. The smallest absolute Gasteiger partial charge is 0.550 e. The third-order valence-electron chi connectivity index (χ3n) is 0.454. The topological polar surface area (TPSA) is 115 Å². The van der Waals surface area contributed by atoms with Crippen LogP contribution in [0.3, 0.4) is 0 Å². The van der Waals surface area contributed by atoms with E-state index < -0.39 is 16.4 Å². The van der Waals surface area contributed by atoms with Gasteiger partial charge in [-0.1, -0.05) is 13.3 Å². The molecule has 0 aromatic carbocycles. The zero-order valence-electron chi connectivity index (χ0n) is 6.85. The molecule has 8 heteroatoms. The molecule has 68 valence electrons. The van der Waals surface area contributed by atoms with E-state index in [0.717, 1.165) is 0 Å². The Kier molecular flexibility index (Phi) is 15.7. The summed E-state index contributed by atoms with van der Waals surface area (Å²) in [5.41, 5.74) is 0. The quantitative estimate of drug-likeness (QED) is 0.364. The maximum absolute atomic E-state index is 9.49. The molecule has 0 aromatic heterocycles. The first kappa shape index (κ1) is 18.7. The molecule has 0 bridgehead atoms. The van der Waals surface area contributed by atoms with Crippen LogP contribution in [0, 0.1) is 0 Å². The number of carbonyl (C=O) groups excluding carboxylic acids is 1. The maximum Gasteiger partial charge on any atom is 1.00 e. The van der Waals surface area contributed by atoms with Gasteiger partial charge in [-0.25, -0.2) is 0 Å². The van der Waals surface area contributed by atoms with E-state index in [0.29, 0.717) is 6.42 Å². The standard InChI is InChI=1S/C4H8O2.K.H2O4S/c1-2-3-4(5)6;;1-5(2,3)4/h2-3H2,1H3,(H,5,6);;(H2,1,2,3,4)/q;+1;/p-1. The molecule has 0 heterocycles. The second kappa shape index (κ2) is 10.1. The molecule has 0 unspecified atom stereocenters. The van der Waals surface area contributed by atoms with Crippen LogP contribution in [0.5, 0.6) is 0 Å². The predicted molar refractivity (Wildman–Crippen MR) is 34.1 cm³/mol. The Morgan fingerprint density at radius 2 is 1.67 bits per heavy atom. The summed E-state index contributed by atoms with van der Waals surface area (Å²) in [6, 6.07) is 0. The third kappa shape index (κ3) is 69.1. The minimum absolute atomic E-state index is 0. The summed E-state index contributed by atoms with van der Waals surface area (Å²) in [4.78, 5) is 9.49. The van der Waals surface area contributed by atoms with Crippen molar-refractivity contribution in [3.05, 3.63) is 0 Å². The van der Waals surface area contributed by atoms with Gasteiger partial charge in [0.05, 0.1) is 0 Å². The molecule has 0 radical (unpaired) electrons. The van der Waals surface area contributed by atoms with Gasteiger partial charge >= 0.3 is 61.8 Å². The minimum atomic E-state index is -4.67. The van der Waals surface area contributed by atoms with Crippen molar-refractivity contribution in [3.63, 3.8) is 0 Å². The van der Waals surface area contributed by atoms with E-state index in [1.165, 1.54) is 0 Å². The molecule has 0 rings (SSSR count). The molecule has 0 amide bonds. The van der Waals surface area contributed by atoms with Gasteiger partial charge in [-0.2, -0.15) is 8.42 Å². The van der Waals surface area contributed by atoms with Crippen LogP contribution >= 0.6 is 0 Å². The number of hydrogen-bond acceptors (Lipinski definition) is 4. The van der Waals surface area contributed by atoms with Crippen LogP contribution in [0.4, 0.5) is 0 Å². The first-order chi connectivity index (χ1) is 4.77. The number of carboxylic acid groups (broad SMARTS) is 1. The van der Waals surface area contributed by atoms with Crippen molar-refractivity contribution < 1.29 is 78.8 Å². The molecule has 0 aromatic rings. The molecule has 6 nitrogen and oxygen atoms in total. The maximum atomic E-state index is 9.49. The zero-order valence-corrected chi connectivity index (χ0v) is 10.8. The molecule has 0 fully saturated rings. The molecule has 0 aliphatic heterocycles. The molecular formula is C4H9KO6S. The molecule has 0 aliphatic rings. The fourth-order valence-corrected chi connectivity index (χ4v) is 0.204. The second-order valence-electron chi connectivity index (χ2n) is 1.57. The van der Waals surface area contributed by atoms with Crippen LogP contribution in [-0.4, -0.2) is 23.5 Å². The largest absolute Gasteiger partial charge is 1.00 e. The summed E-state index contributed by atoms with van der Waals surface area (Å²) in [5, 5.41) is 9.49. The zero-order chi connectivity index (χ0) is 9.49. The third-order valence-corrected chi connectivity index (χ3v) is 0.454.